The second kappa shape index (κ2) is 8.69. The number of rotatable bonds is 7. The highest BCUT2D eigenvalue weighted by Gasteiger charge is 2.23. The van der Waals surface area contributed by atoms with Gasteiger partial charge in [-0.25, -0.2) is 0 Å². The van der Waals surface area contributed by atoms with Gasteiger partial charge in [0, 0.05) is 20.1 Å². The number of unbranched alkanes of at least 4 members (excludes halogenated alkanes) is 1. The van der Waals surface area contributed by atoms with Gasteiger partial charge in [0.05, 0.1) is 0 Å². The fourth-order valence-electron chi connectivity index (χ4n) is 1.25. The SMILES string of the molecule is CCCCN(C)C(=O)C(=O)N(C=O)CCCN. The zero-order valence-corrected chi connectivity index (χ0v) is 10.5. The van der Waals surface area contributed by atoms with E-state index in [1.54, 1.807) is 7.05 Å². The Morgan fingerprint density at radius 3 is 2.29 bits per heavy atom. The number of amides is 3. The van der Waals surface area contributed by atoms with E-state index in [-0.39, 0.29) is 6.54 Å². The van der Waals surface area contributed by atoms with Gasteiger partial charge in [-0.05, 0) is 19.4 Å². The van der Waals surface area contributed by atoms with Gasteiger partial charge in [0.25, 0.3) is 0 Å². The van der Waals surface area contributed by atoms with Crippen LogP contribution in [0.25, 0.3) is 0 Å². The third-order valence-corrected chi connectivity index (χ3v) is 2.37. The molecule has 0 saturated carbocycles. The Labute approximate surface area is 102 Å². The van der Waals surface area contributed by atoms with Crippen LogP contribution < -0.4 is 5.73 Å². The molecule has 98 valence electrons. The lowest BCUT2D eigenvalue weighted by Crippen LogP contribution is -2.44. The first-order valence-corrected chi connectivity index (χ1v) is 5.79. The minimum absolute atomic E-state index is 0.187. The molecule has 0 heterocycles. The molecule has 0 rings (SSSR count). The molecule has 6 nitrogen and oxygen atoms in total. The third kappa shape index (κ3) is 5.44. The smallest absolute Gasteiger partial charge is 0.318 e. The standard InChI is InChI=1S/C11H21N3O3/c1-3-4-7-13(2)10(16)11(17)14(9-15)8-5-6-12/h9H,3-8,12H2,1-2H3. The number of carbonyl (C=O) groups excluding carboxylic acids is 3. The van der Waals surface area contributed by atoms with E-state index in [0.29, 0.717) is 25.9 Å². The lowest BCUT2D eigenvalue weighted by molar-refractivity contribution is -0.153. The van der Waals surface area contributed by atoms with Gasteiger partial charge in [-0.1, -0.05) is 13.3 Å². The second-order valence-corrected chi connectivity index (χ2v) is 3.83. The molecule has 0 spiro atoms. The molecule has 0 fully saturated rings. The summed E-state index contributed by atoms with van der Waals surface area (Å²) >= 11 is 0. The van der Waals surface area contributed by atoms with E-state index in [1.165, 1.54) is 4.90 Å². The Balaban J connectivity index is 4.34. The minimum atomic E-state index is -0.785. The highest BCUT2D eigenvalue weighted by Crippen LogP contribution is 1.97. The summed E-state index contributed by atoms with van der Waals surface area (Å²) < 4.78 is 0. The molecule has 0 unspecified atom stereocenters. The van der Waals surface area contributed by atoms with Crippen LogP contribution in [-0.2, 0) is 14.4 Å². The van der Waals surface area contributed by atoms with Crippen LogP contribution >= 0.6 is 0 Å². The summed E-state index contributed by atoms with van der Waals surface area (Å²) in [6.45, 7) is 3.08. The lowest BCUT2D eigenvalue weighted by atomic mass is 10.3. The maximum absolute atomic E-state index is 11.7. The summed E-state index contributed by atoms with van der Waals surface area (Å²) in [5, 5.41) is 0. The van der Waals surface area contributed by atoms with Crippen molar-refractivity contribution in [3.05, 3.63) is 0 Å². The Bertz CT molecular complexity index is 269. The van der Waals surface area contributed by atoms with E-state index >= 15 is 0 Å². The first-order chi connectivity index (χ1) is 8.08. The topological polar surface area (TPSA) is 83.7 Å². The molecule has 2 N–H and O–H groups in total. The number of hydrogen-bond acceptors (Lipinski definition) is 4. The van der Waals surface area contributed by atoms with Crippen molar-refractivity contribution in [1.29, 1.82) is 0 Å². The average molecular weight is 243 g/mol. The number of carbonyl (C=O) groups is 3. The van der Waals surface area contributed by atoms with E-state index in [9.17, 15) is 14.4 Å². The number of likely N-dealkylation sites (N-methyl/N-ethyl adjacent to an activating group) is 1. The quantitative estimate of drug-likeness (QED) is 0.486. The summed E-state index contributed by atoms with van der Waals surface area (Å²) in [5.74, 6) is -1.44. The molecular weight excluding hydrogens is 222 g/mol. The van der Waals surface area contributed by atoms with E-state index in [2.05, 4.69) is 0 Å². The molecule has 0 aliphatic rings. The molecule has 0 saturated heterocycles. The zero-order valence-electron chi connectivity index (χ0n) is 10.5. The second-order valence-electron chi connectivity index (χ2n) is 3.83. The molecular formula is C11H21N3O3. The first kappa shape index (κ1) is 15.6. The predicted octanol–water partition coefficient (Wildman–Crippen LogP) is -0.421. The van der Waals surface area contributed by atoms with Crippen molar-refractivity contribution in [3.8, 4) is 0 Å². The van der Waals surface area contributed by atoms with E-state index < -0.39 is 11.8 Å². The summed E-state index contributed by atoms with van der Waals surface area (Å²) in [4.78, 5) is 36.2. The Morgan fingerprint density at radius 1 is 1.18 bits per heavy atom. The van der Waals surface area contributed by atoms with Crippen molar-refractivity contribution in [2.75, 3.05) is 26.7 Å². The van der Waals surface area contributed by atoms with Crippen molar-refractivity contribution >= 4 is 18.2 Å². The molecule has 0 aliphatic heterocycles. The van der Waals surface area contributed by atoms with Crippen molar-refractivity contribution in [2.45, 2.75) is 26.2 Å². The van der Waals surface area contributed by atoms with Gasteiger partial charge in [0.2, 0.25) is 6.41 Å². The van der Waals surface area contributed by atoms with E-state index in [0.717, 1.165) is 17.7 Å². The summed E-state index contributed by atoms with van der Waals surface area (Å²) in [7, 11) is 1.56. The van der Waals surface area contributed by atoms with E-state index in [4.69, 9.17) is 5.73 Å². The molecule has 0 aromatic carbocycles. The molecule has 0 bridgehead atoms. The maximum Gasteiger partial charge on any atom is 0.318 e. The van der Waals surface area contributed by atoms with Crippen LogP contribution in [0.15, 0.2) is 0 Å². The number of nitrogens with two attached hydrogens (primary N) is 1. The van der Waals surface area contributed by atoms with Gasteiger partial charge in [-0.3, -0.25) is 19.3 Å². The van der Waals surface area contributed by atoms with Crippen molar-refractivity contribution in [1.82, 2.24) is 9.80 Å². The number of nitrogens with zero attached hydrogens (tertiary/aromatic N) is 2. The zero-order chi connectivity index (χ0) is 13.3. The van der Waals surface area contributed by atoms with Gasteiger partial charge < -0.3 is 10.6 Å². The Hall–Kier alpha value is -1.43. The monoisotopic (exact) mass is 243 g/mol. The van der Waals surface area contributed by atoms with Gasteiger partial charge in [-0.15, -0.1) is 0 Å². The molecule has 0 radical (unpaired) electrons. The molecule has 3 amide bonds. The van der Waals surface area contributed by atoms with Crippen LogP contribution in [0.5, 0.6) is 0 Å². The first-order valence-electron chi connectivity index (χ1n) is 5.79. The van der Waals surface area contributed by atoms with Crippen LogP contribution in [0.4, 0.5) is 0 Å². The van der Waals surface area contributed by atoms with Crippen molar-refractivity contribution in [3.63, 3.8) is 0 Å². The van der Waals surface area contributed by atoms with Gasteiger partial charge in [0.15, 0.2) is 0 Å². The fraction of sp³-hybridized carbons (Fsp3) is 0.727. The molecule has 17 heavy (non-hydrogen) atoms. The highest BCUT2D eigenvalue weighted by molar-refractivity contribution is 6.36. The normalized spacial score (nSPS) is 9.82. The predicted molar refractivity (Wildman–Crippen MR) is 64.0 cm³/mol. The van der Waals surface area contributed by atoms with Gasteiger partial charge in [-0.2, -0.15) is 0 Å². The van der Waals surface area contributed by atoms with Gasteiger partial charge >= 0.3 is 11.8 Å². The van der Waals surface area contributed by atoms with Crippen LogP contribution in [0.3, 0.4) is 0 Å². The van der Waals surface area contributed by atoms with Crippen LogP contribution in [0.1, 0.15) is 26.2 Å². The molecule has 6 heteroatoms. The van der Waals surface area contributed by atoms with Crippen LogP contribution in [0.2, 0.25) is 0 Å². The van der Waals surface area contributed by atoms with Crippen molar-refractivity contribution < 1.29 is 14.4 Å². The highest BCUT2D eigenvalue weighted by atomic mass is 16.2. The van der Waals surface area contributed by atoms with Crippen LogP contribution in [0, 0.1) is 0 Å². The number of hydrogen-bond donors (Lipinski definition) is 1. The van der Waals surface area contributed by atoms with Crippen molar-refractivity contribution in [2.24, 2.45) is 5.73 Å². The van der Waals surface area contributed by atoms with Gasteiger partial charge in [0.1, 0.15) is 0 Å². The Morgan fingerprint density at radius 2 is 1.82 bits per heavy atom. The lowest BCUT2D eigenvalue weighted by Gasteiger charge is -2.20. The molecule has 0 aliphatic carbocycles. The molecule has 0 aromatic rings. The summed E-state index contributed by atoms with van der Waals surface area (Å²) in [6.07, 6.45) is 2.65. The maximum atomic E-state index is 11.7. The third-order valence-electron chi connectivity index (χ3n) is 2.37. The Kier molecular flexibility index (Phi) is 7.96. The van der Waals surface area contributed by atoms with E-state index in [1.807, 2.05) is 6.92 Å². The van der Waals surface area contributed by atoms with Crippen LogP contribution in [-0.4, -0.2) is 54.7 Å². The fourth-order valence-corrected chi connectivity index (χ4v) is 1.25. The summed E-state index contributed by atoms with van der Waals surface area (Å²) in [6, 6.07) is 0. The number of imide groups is 1. The summed E-state index contributed by atoms with van der Waals surface area (Å²) in [5.41, 5.74) is 5.28. The largest absolute Gasteiger partial charge is 0.337 e. The molecule has 0 atom stereocenters. The molecule has 0 aromatic heterocycles. The minimum Gasteiger partial charge on any atom is -0.337 e. The average Bonchev–Trinajstić information content (AvgIpc) is 2.35.